The van der Waals surface area contributed by atoms with E-state index in [0.29, 0.717) is 18.8 Å². The zero-order valence-corrected chi connectivity index (χ0v) is 13.4. The standard InChI is InChI=1S/C18H19FO2S/c1-2-18(20)14-4-10-17(11-5-14)22-13-3-12-21-16-8-6-15(19)7-9-16/h4-11H,2-3,12-13H2,1H3. The van der Waals surface area contributed by atoms with Crippen molar-refractivity contribution < 1.29 is 13.9 Å². The van der Waals surface area contributed by atoms with Crippen LogP contribution in [0.5, 0.6) is 5.75 Å². The molecule has 0 fully saturated rings. The molecule has 4 heteroatoms. The van der Waals surface area contributed by atoms with E-state index in [1.165, 1.54) is 12.1 Å². The van der Waals surface area contributed by atoms with Crippen molar-refractivity contribution in [1.29, 1.82) is 0 Å². The Morgan fingerprint density at radius 2 is 1.77 bits per heavy atom. The molecule has 0 atom stereocenters. The van der Waals surface area contributed by atoms with Gasteiger partial charge in [0.1, 0.15) is 11.6 Å². The molecule has 0 amide bonds. The number of carbonyl (C=O) groups excluding carboxylic acids is 1. The molecule has 0 aromatic heterocycles. The lowest BCUT2D eigenvalue weighted by atomic mass is 10.1. The van der Waals surface area contributed by atoms with Gasteiger partial charge >= 0.3 is 0 Å². The second-order valence-corrected chi connectivity index (χ2v) is 5.97. The van der Waals surface area contributed by atoms with E-state index in [0.717, 1.165) is 22.6 Å². The monoisotopic (exact) mass is 318 g/mol. The Labute approximate surface area is 134 Å². The average Bonchev–Trinajstić information content (AvgIpc) is 2.56. The van der Waals surface area contributed by atoms with Gasteiger partial charge < -0.3 is 4.74 Å². The van der Waals surface area contributed by atoms with Crippen molar-refractivity contribution in [2.24, 2.45) is 0 Å². The molecule has 0 aliphatic carbocycles. The van der Waals surface area contributed by atoms with E-state index in [9.17, 15) is 9.18 Å². The topological polar surface area (TPSA) is 26.3 Å². The Morgan fingerprint density at radius 1 is 1.09 bits per heavy atom. The minimum atomic E-state index is -0.257. The third kappa shape index (κ3) is 5.19. The van der Waals surface area contributed by atoms with Crippen LogP contribution in [-0.2, 0) is 0 Å². The van der Waals surface area contributed by atoms with Crippen molar-refractivity contribution in [3.63, 3.8) is 0 Å². The normalized spacial score (nSPS) is 10.5. The molecule has 2 aromatic rings. The van der Waals surface area contributed by atoms with Crippen molar-refractivity contribution in [3.05, 3.63) is 59.9 Å². The maximum Gasteiger partial charge on any atom is 0.162 e. The number of hydrogen-bond acceptors (Lipinski definition) is 3. The third-order valence-corrected chi connectivity index (χ3v) is 4.24. The molecule has 2 aromatic carbocycles. The van der Waals surface area contributed by atoms with Gasteiger partial charge in [-0.2, -0.15) is 0 Å². The lowest BCUT2D eigenvalue weighted by molar-refractivity contribution is 0.0988. The molecule has 0 heterocycles. The number of ether oxygens (including phenoxy) is 1. The van der Waals surface area contributed by atoms with Crippen LogP contribution < -0.4 is 4.74 Å². The number of rotatable bonds is 8. The summed E-state index contributed by atoms with van der Waals surface area (Å²) in [6, 6.07) is 13.8. The molecule has 0 N–H and O–H groups in total. The van der Waals surface area contributed by atoms with Gasteiger partial charge in [-0.05, 0) is 42.8 Å². The van der Waals surface area contributed by atoms with E-state index in [4.69, 9.17) is 4.74 Å². The van der Waals surface area contributed by atoms with Crippen molar-refractivity contribution >= 4 is 17.5 Å². The van der Waals surface area contributed by atoms with Gasteiger partial charge in [0.25, 0.3) is 0 Å². The van der Waals surface area contributed by atoms with E-state index in [1.807, 2.05) is 31.2 Å². The van der Waals surface area contributed by atoms with Gasteiger partial charge in [-0.25, -0.2) is 4.39 Å². The van der Waals surface area contributed by atoms with Crippen LogP contribution in [0.2, 0.25) is 0 Å². The molecule has 0 saturated carbocycles. The number of halogens is 1. The fourth-order valence-corrected chi connectivity index (χ4v) is 2.74. The van der Waals surface area contributed by atoms with Gasteiger partial charge in [-0.15, -0.1) is 11.8 Å². The highest BCUT2D eigenvalue weighted by Gasteiger charge is 2.02. The van der Waals surface area contributed by atoms with Gasteiger partial charge in [0.2, 0.25) is 0 Å². The van der Waals surface area contributed by atoms with Gasteiger partial charge in [-0.3, -0.25) is 4.79 Å². The van der Waals surface area contributed by atoms with E-state index in [2.05, 4.69) is 0 Å². The first kappa shape index (κ1) is 16.6. The number of thioether (sulfide) groups is 1. The fraction of sp³-hybridized carbons (Fsp3) is 0.278. The predicted molar refractivity (Wildman–Crippen MR) is 88.3 cm³/mol. The first-order valence-electron chi connectivity index (χ1n) is 7.33. The minimum absolute atomic E-state index is 0.171. The Morgan fingerprint density at radius 3 is 2.41 bits per heavy atom. The molecule has 0 spiro atoms. The lowest BCUT2D eigenvalue weighted by Gasteiger charge is -2.06. The number of Topliss-reactive ketones (excluding diaryl/α,β-unsaturated/α-hetero) is 1. The van der Waals surface area contributed by atoms with Crippen LogP contribution in [0.25, 0.3) is 0 Å². The molecular weight excluding hydrogens is 299 g/mol. The molecule has 0 radical (unpaired) electrons. The largest absolute Gasteiger partial charge is 0.494 e. The maximum atomic E-state index is 12.7. The Balaban J connectivity index is 1.68. The van der Waals surface area contributed by atoms with Crippen LogP contribution in [0, 0.1) is 5.82 Å². The van der Waals surface area contributed by atoms with Crippen LogP contribution in [0.15, 0.2) is 53.4 Å². The molecule has 0 unspecified atom stereocenters. The Kier molecular flexibility index (Phi) is 6.46. The highest BCUT2D eigenvalue weighted by Crippen LogP contribution is 2.20. The van der Waals surface area contributed by atoms with Crippen molar-refractivity contribution in [3.8, 4) is 5.75 Å². The minimum Gasteiger partial charge on any atom is -0.494 e. The number of benzene rings is 2. The molecule has 0 aliphatic rings. The van der Waals surface area contributed by atoms with Gasteiger partial charge in [0.15, 0.2) is 5.78 Å². The fourth-order valence-electron chi connectivity index (χ4n) is 1.91. The van der Waals surface area contributed by atoms with E-state index < -0.39 is 0 Å². The van der Waals surface area contributed by atoms with Crippen LogP contribution in [0.3, 0.4) is 0 Å². The smallest absolute Gasteiger partial charge is 0.162 e. The van der Waals surface area contributed by atoms with E-state index in [-0.39, 0.29) is 11.6 Å². The highest BCUT2D eigenvalue weighted by molar-refractivity contribution is 7.99. The second-order valence-electron chi connectivity index (χ2n) is 4.81. The van der Waals surface area contributed by atoms with E-state index >= 15 is 0 Å². The summed E-state index contributed by atoms with van der Waals surface area (Å²) in [5.41, 5.74) is 0.770. The SMILES string of the molecule is CCC(=O)c1ccc(SCCCOc2ccc(F)cc2)cc1. The summed E-state index contributed by atoms with van der Waals surface area (Å²) in [5.74, 6) is 1.54. The number of carbonyl (C=O) groups is 1. The highest BCUT2D eigenvalue weighted by atomic mass is 32.2. The van der Waals surface area contributed by atoms with Crippen LogP contribution in [0.4, 0.5) is 4.39 Å². The van der Waals surface area contributed by atoms with Crippen molar-refractivity contribution in [2.45, 2.75) is 24.7 Å². The molecule has 0 bridgehead atoms. The van der Waals surface area contributed by atoms with Crippen LogP contribution in [0.1, 0.15) is 30.1 Å². The molecule has 0 aliphatic heterocycles. The molecule has 22 heavy (non-hydrogen) atoms. The Hall–Kier alpha value is -1.81. The van der Waals surface area contributed by atoms with Crippen molar-refractivity contribution in [2.75, 3.05) is 12.4 Å². The quantitative estimate of drug-likeness (QED) is 0.390. The molecule has 2 nitrogen and oxygen atoms in total. The maximum absolute atomic E-state index is 12.7. The molecule has 2 rings (SSSR count). The summed E-state index contributed by atoms with van der Waals surface area (Å²) in [5, 5.41) is 0. The predicted octanol–water partition coefficient (Wildman–Crippen LogP) is 4.98. The van der Waals surface area contributed by atoms with Crippen molar-refractivity contribution in [1.82, 2.24) is 0 Å². The van der Waals surface area contributed by atoms with Gasteiger partial charge in [-0.1, -0.05) is 19.1 Å². The Bertz CT molecular complexity index is 593. The zero-order valence-electron chi connectivity index (χ0n) is 12.5. The summed E-state index contributed by atoms with van der Waals surface area (Å²) in [4.78, 5) is 12.7. The zero-order chi connectivity index (χ0) is 15.8. The summed E-state index contributed by atoms with van der Waals surface area (Å²) in [6.45, 7) is 2.47. The molecule has 116 valence electrons. The first-order chi connectivity index (χ1) is 10.7. The van der Waals surface area contributed by atoms with Gasteiger partial charge in [0.05, 0.1) is 6.61 Å². The summed E-state index contributed by atoms with van der Waals surface area (Å²) in [6.07, 6.45) is 1.44. The molecular formula is C18H19FO2S. The third-order valence-electron chi connectivity index (χ3n) is 3.14. The average molecular weight is 318 g/mol. The van der Waals surface area contributed by atoms with Crippen LogP contribution in [-0.4, -0.2) is 18.1 Å². The van der Waals surface area contributed by atoms with Crippen LogP contribution >= 0.6 is 11.8 Å². The lowest BCUT2D eigenvalue weighted by Crippen LogP contribution is -1.99. The van der Waals surface area contributed by atoms with E-state index in [1.54, 1.807) is 23.9 Å². The number of hydrogen-bond donors (Lipinski definition) is 0. The first-order valence-corrected chi connectivity index (χ1v) is 8.32. The summed E-state index contributed by atoms with van der Waals surface area (Å²) in [7, 11) is 0. The summed E-state index contributed by atoms with van der Waals surface area (Å²) < 4.78 is 18.3. The molecule has 0 saturated heterocycles. The van der Waals surface area contributed by atoms with Gasteiger partial charge in [0, 0.05) is 22.6 Å². The summed E-state index contributed by atoms with van der Waals surface area (Å²) >= 11 is 1.73. The number of ketones is 1. The second kappa shape index (κ2) is 8.59.